The standard InChI is InChI=1S/C12H15BrF3NO/c1-8(18)10-7-9(13)3-4-11(10)17(2)6-5-12(14,15)16/h3-4,7-8,18H,5-6H2,1-2H3. The summed E-state index contributed by atoms with van der Waals surface area (Å²) in [5.74, 6) is 0. The molecule has 0 aliphatic rings. The van der Waals surface area contributed by atoms with Crippen molar-refractivity contribution in [2.45, 2.75) is 25.6 Å². The lowest BCUT2D eigenvalue weighted by molar-refractivity contribution is -0.132. The van der Waals surface area contributed by atoms with E-state index in [1.807, 2.05) is 0 Å². The van der Waals surface area contributed by atoms with Gasteiger partial charge in [0.05, 0.1) is 12.5 Å². The first-order chi connectivity index (χ1) is 8.20. The van der Waals surface area contributed by atoms with Gasteiger partial charge in [0.15, 0.2) is 0 Å². The van der Waals surface area contributed by atoms with Crippen molar-refractivity contribution >= 4 is 21.6 Å². The summed E-state index contributed by atoms with van der Waals surface area (Å²) < 4.78 is 37.3. The third kappa shape index (κ3) is 4.49. The fourth-order valence-electron chi connectivity index (χ4n) is 1.62. The molecule has 0 bridgehead atoms. The number of benzene rings is 1. The van der Waals surface area contributed by atoms with Crippen molar-refractivity contribution in [1.29, 1.82) is 0 Å². The molecule has 0 amide bonds. The number of nitrogens with zero attached hydrogens (tertiary/aromatic N) is 1. The molecule has 18 heavy (non-hydrogen) atoms. The van der Waals surface area contributed by atoms with Crippen LogP contribution in [0.15, 0.2) is 22.7 Å². The number of alkyl halides is 3. The molecule has 2 nitrogen and oxygen atoms in total. The highest BCUT2D eigenvalue weighted by Crippen LogP contribution is 2.30. The summed E-state index contributed by atoms with van der Waals surface area (Å²) in [6.45, 7) is 1.45. The van der Waals surface area contributed by atoms with Crippen LogP contribution in [0.4, 0.5) is 18.9 Å². The molecule has 6 heteroatoms. The lowest BCUT2D eigenvalue weighted by Gasteiger charge is -2.24. The predicted octanol–water partition coefficient (Wildman–Crippen LogP) is 3.89. The molecule has 1 N–H and O–H groups in total. The Balaban J connectivity index is 2.88. The van der Waals surface area contributed by atoms with Crippen molar-refractivity contribution in [3.63, 3.8) is 0 Å². The molecule has 0 spiro atoms. The topological polar surface area (TPSA) is 23.5 Å². The van der Waals surface area contributed by atoms with Gasteiger partial charge < -0.3 is 10.0 Å². The molecule has 0 aliphatic heterocycles. The highest BCUT2D eigenvalue weighted by molar-refractivity contribution is 9.10. The highest BCUT2D eigenvalue weighted by atomic mass is 79.9. The highest BCUT2D eigenvalue weighted by Gasteiger charge is 2.27. The largest absolute Gasteiger partial charge is 0.390 e. The molecule has 1 rings (SSSR count). The van der Waals surface area contributed by atoms with Gasteiger partial charge in [-0.1, -0.05) is 15.9 Å². The van der Waals surface area contributed by atoms with Gasteiger partial charge in [0.1, 0.15) is 0 Å². The van der Waals surface area contributed by atoms with Crippen molar-refractivity contribution in [3.8, 4) is 0 Å². The third-order valence-electron chi connectivity index (χ3n) is 2.58. The second kappa shape index (κ2) is 5.93. The first-order valence-corrected chi connectivity index (χ1v) is 6.25. The monoisotopic (exact) mass is 325 g/mol. The van der Waals surface area contributed by atoms with Gasteiger partial charge in [0.2, 0.25) is 0 Å². The Kier molecular flexibility index (Phi) is 5.04. The minimum absolute atomic E-state index is 0.134. The summed E-state index contributed by atoms with van der Waals surface area (Å²) in [4.78, 5) is 1.50. The number of aliphatic hydroxyl groups excluding tert-OH is 1. The first-order valence-electron chi connectivity index (χ1n) is 5.46. The Morgan fingerprint density at radius 2 is 2.00 bits per heavy atom. The predicted molar refractivity (Wildman–Crippen MR) is 68.7 cm³/mol. The van der Waals surface area contributed by atoms with E-state index >= 15 is 0 Å². The number of anilines is 1. The van der Waals surface area contributed by atoms with Crippen LogP contribution in [0.25, 0.3) is 0 Å². The Hall–Kier alpha value is -0.750. The summed E-state index contributed by atoms with van der Waals surface area (Å²) in [6.07, 6.45) is -5.78. The van der Waals surface area contributed by atoms with Crippen molar-refractivity contribution in [3.05, 3.63) is 28.2 Å². The van der Waals surface area contributed by atoms with Crippen LogP contribution >= 0.6 is 15.9 Å². The average Bonchev–Trinajstić information content (AvgIpc) is 2.24. The van der Waals surface area contributed by atoms with E-state index in [2.05, 4.69) is 15.9 Å². The Bertz CT molecular complexity index is 407. The molecule has 102 valence electrons. The molecule has 0 aliphatic carbocycles. The summed E-state index contributed by atoms with van der Waals surface area (Å²) in [6, 6.07) is 5.15. The minimum atomic E-state index is -4.17. The van der Waals surface area contributed by atoms with Crippen LogP contribution in [-0.4, -0.2) is 24.9 Å². The molecule has 0 heterocycles. The fraction of sp³-hybridized carbons (Fsp3) is 0.500. The normalized spacial score (nSPS) is 13.5. The quantitative estimate of drug-likeness (QED) is 0.907. The second-order valence-corrected chi connectivity index (χ2v) is 5.08. The van der Waals surface area contributed by atoms with Crippen molar-refractivity contribution in [2.24, 2.45) is 0 Å². The Morgan fingerprint density at radius 1 is 1.39 bits per heavy atom. The summed E-state index contributed by atoms with van der Waals surface area (Å²) in [5.41, 5.74) is 1.21. The van der Waals surface area contributed by atoms with E-state index in [0.717, 1.165) is 4.47 Å². The Labute approximate surface area is 113 Å². The number of rotatable bonds is 4. The molecule has 1 atom stereocenters. The number of aliphatic hydroxyl groups is 1. The minimum Gasteiger partial charge on any atom is -0.389 e. The van der Waals surface area contributed by atoms with Gasteiger partial charge in [0.25, 0.3) is 0 Å². The summed E-state index contributed by atoms with van der Waals surface area (Å²) in [5, 5.41) is 9.64. The zero-order valence-corrected chi connectivity index (χ0v) is 11.7. The van der Waals surface area contributed by atoms with Gasteiger partial charge >= 0.3 is 6.18 Å². The van der Waals surface area contributed by atoms with Crippen LogP contribution in [-0.2, 0) is 0 Å². The van der Waals surface area contributed by atoms with Crippen molar-refractivity contribution in [2.75, 3.05) is 18.5 Å². The van der Waals surface area contributed by atoms with E-state index < -0.39 is 18.7 Å². The summed E-state index contributed by atoms with van der Waals surface area (Å²) in [7, 11) is 1.58. The SMILES string of the molecule is CC(O)c1cc(Br)ccc1N(C)CCC(F)(F)F. The molecule has 0 saturated heterocycles. The molecule has 0 saturated carbocycles. The lowest BCUT2D eigenvalue weighted by atomic mass is 10.1. The summed E-state index contributed by atoms with van der Waals surface area (Å²) >= 11 is 3.27. The fourth-order valence-corrected chi connectivity index (χ4v) is 2.00. The molecule has 0 fully saturated rings. The van der Waals surface area contributed by atoms with Gasteiger partial charge in [0, 0.05) is 29.3 Å². The van der Waals surface area contributed by atoms with E-state index in [1.54, 1.807) is 32.2 Å². The van der Waals surface area contributed by atoms with Crippen molar-refractivity contribution in [1.82, 2.24) is 0 Å². The molecule has 1 aromatic carbocycles. The molecule has 1 aromatic rings. The smallest absolute Gasteiger partial charge is 0.389 e. The zero-order valence-electron chi connectivity index (χ0n) is 10.1. The number of halogens is 4. The van der Waals surface area contributed by atoms with Gasteiger partial charge in [-0.25, -0.2) is 0 Å². The zero-order chi connectivity index (χ0) is 13.9. The van der Waals surface area contributed by atoms with Gasteiger partial charge in [-0.05, 0) is 25.1 Å². The number of hydrogen-bond acceptors (Lipinski definition) is 2. The van der Waals surface area contributed by atoms with Crippen LogP contribution in [0, 0.1) is 0 Å². The molecule has 0 aromatic heterocycles. The van der Waals surface area contributed by atoms with Crippen molar-refractivity contribution < 1.29 is 18.3 Å². The maximum absolute atomic E-state index is 12.2. The van der Waals surface area contributed by atoms with E-state index in [9.17, 15) is 18.3 Å². The van der Waals surface area contributed by atoms with Gasteiger partial charge in [-0.3, -0.25) is 0 Å². The molecular weight excluding hydrogens is 311 g/mol. The second-order valence-electron chi connectivity index (χ2n) is 4.17. The third-order valence-corrected chi connectivity index (χ3v) is 3.07. The molecule has 0 radical (unpaired) electrons. The number of hydrogen-bond donors (Lipinski definition) is 1. The average molecular weight is 326 g/mol. The first kappa shape index (κ1) is 15.3. The van der Waals surface area contributed by atoms with Gasteiger partial charge in [-0.15, -0.1) is 0 Å². The van der Waals surface area contributed by atoms with Crippen LogP contribution in [0.2, 0.25) is 0 Å². The van der Waals surface area contributed by atoms with E-state index in [1.165, 1.54) is 4.90 Å². The van der Waals surface area contributed by atoms with E-state index in [0.29, 0.717) is 11.3 Å². The van der Waals surface area contributed by atoms with Crippen LogP contribution in [0.1, 0.15) is 25.0 Å². The molecular formula is C12H15BrF3NO. The van der Waals surface area contributed by atoms with E-state index in [4.69, 9.17) is 0 Å². The Morgan fingerprint density at radius 3 is 2.50 bits per heavy atom. The van der Waals surface area contributed by atoms with Crippen LogP contribution in [0.3, 0.4) is 0 Å². The van der Waals surface area contributed by atoms with E-state index in [-0.39, 0.29) is 6.54 Å². The lowest BCUT2D eigenvalue weighted by Crippen LogP contribution is -2.25. The maximum atomic E-state index is 12.2. The van der Waals surface area contributed by atoms with Gasteiger partial charge in [-0.2, -0.15) is 13.2 Å². The maximum Gasteiger partial charge on any atom is 0.390 e. The van der Waals surface area contributed by atoms with Crippen LogP contribution < -0.4 is 4.90 Å². The molecule has 1 unspecified atom stereocenters. The van der Waals surface area contributed by atoms with Crippen LogP contribution in [0.5, 0.6) is 0 Å².